The van der Waals surface area contributed by atoms with Crippen molar-refractivity contribution in [1.29, 1.82) is 0 Å². The van der Waals surface area contributed by atoms with Crippen LogP contribution >= 0.6 is 23.1 Å². The number of anilines is 1. The third-order valence-electron chi connectivity index (χ3n) is 3.05. The van der Waals surface area contributed by atoms with E-state index in [1.54, 1.807) is 19.0 Å². The van der Waals surface area contributed by atoms with Gasteiger partial charge in [0.2, 0.25) is 11.0 Å². The first-order chi connectivity index (χ1) is 11.0. The molecule has 2 aromatic rings. The Morgan fingerprint density at radius 3 is 2.57 bits per heavy atom. The van der Waals surface area contributed by atoms with Crippen LogP contribution in [0.5, 0.6) is 0 Å². The topological polar surface area (TPSA) is 58.1 Å². The maximum absolute atomic E-state index is 12.5. The molecule has 7 heteroatoms. The Labute approximate surface area is 145 Å². The second-order valence-electron chi connectivity index (χ2n) is 5.79. The van der Waals surface area contributed by atoms with E-state index < -0.39 is 0 Å². The molecule has 0 aliphatic carbocycles. The molecule has 1 heterocycles. The van der Waals surface area contributed by atoms with E-state index >= 15 is 0 Å². The van der Waals surface area contributed by atoms with Crippen molar-refractivity contribution in [1.82, 2.24) is 15.1 Å². The van der Waals surface area contributed by atoms with Crippen LogP contribution in [0.15, 0.2) is 34.7 Å². The fraction of sp³-hybridized carbons (Fsp3) is 0.438. The molecule has 1 atom stereocenters. The summed E-state index contributed by atoms with van der Waals surface area (Å²) in [7, 11) is 3.54. The lowest BCUT2D eigenvalue weighted by molar-refractivity contribution is -0.128. The zero-order chi connectivity index (χ0) is 16.8. The van der Waals surface area contributed by atoms with Crippen LogP contribution < -0.4 is 5.32 Å². The predicted octanol–water partition coefficient (Wildman–Crippen LogP) is 3.53. The summed E-state index contributed by atoms with van der Waals surface area (Å²) in [6.07, 6.45) is 0. The van der Waals surface area contributed by atoms with Crippen molar-refractivity contribution in [2.24, 2.45) is 5.92 Å². The molecule has 1 amide bonds. The van der Waals surface area contributed by atoms with Crippen molar-refractivity contribution in [3.05, 3.63) is 35.9 Å². The summed E-state index contributed by atoms with van der Waals surface area (Å²) in [6.45, 7) is 5.15. The van der Waals surface area contributed by atoms with Crippen LogP contribution in [0.1, 0.15) is 24.7 Å². The number of carbonyl (C=O) groups excluding carboxylic acids is 1. The molecule has 0 fully saturated rings. The average Bonchev–Trinajstić information content (AvgIpc) is 2.98. The van der Waals surface area contributed by atoms with Gasteiger partial charge < -0.3 is 10.2 Å². The molecule has 1 aromatic heterocycles. The Morgan fingerprint density at radius 1 is 1.26 bits per heavy atom. The van der Waals surface area contributed by atoms with Crippen LogP contribution in [0, 0.1) is 5.92 Å². The predicted molar refractivity (Wildman–Crippen MR) is 97.0 cm³/mol. The molecule has 1 unspecified atom stereocenters. The maximum atomic E-state index is 12.5. The Morgan fingerprint density at radius 2 is 1.96 bits per heavy atom. The largest absolute Gasteiger partial charge is 0.360 e. The second kappa shape index (κ2) is 8.31. The molecule has 124 valence electrons. The second-order valence-corrected chi connectivity index (χ2v) is 8.12. The Hall–Kier alpha value is -1.60. The van der Waals surface area contributed by atoms with Gasteiger partial charge in [-0.3, -0.25) is 4.79 Å². The number of aromatic nitrogens is 2. The standard InChI is InChI=1S/C16H22N4OS2/c1-11(2)10-17-15-18-19-16(23-15)22-13(14(21)20(3)4)12-8-6-5-7-9-12/h5-9,11,13H,10H2,1-4H3,(H,17,18). The lowest BCUT2D eigenvalue weighted by Crippen LogP contribution is -2.26. The van der Waals surface area contributed by atoms with Gasteiger partial charge in [-0.25, -0.2) is 0 Å². The monoisotopic (exact) mass is 350 g/mol. The highest BCUT2D eigenvalue weighted by Gasteiger charge is 2.25. The molecule has 5 nitrogen and oxygen atoms in total. The van der Waals surface area contributed by atoms with Gasteiger partial charge in [-0.05, 0) is 11.5 Å². The minimum Gasteiger partial charge on any atom is -0.360 e. The molecule has 0 saturated heterocycles. The van der Waals surface area contributed by atoms with Crippen molar-refractivity contribution in [2.75, 3.05) is 26.0 Å². The van der Waals surface area contributed by atoms with Crippen LogP contribution in [0.4, 0.5) is 5.13 Å². The summed E-state index contributed by atoms with van der Waals surface area (Å²) >= 11 is 2.93. The Bertz CT molecular complexity index is 628. The average molecular weight is 351 g/mol. The molecule has 1 aromatic carbocycles. The summed E-state index contributed by atoms with van der Waals surface area (Å²) in [5.41, 5.74) is 0.975. The molecule has 0 spiro atoms. The summed E-state index contributed by atoms with van der Waals surface area (Å²) in [4.78, 5) is 14.1. The van der Waals surface area contributed by atoms with E-state index in [2.05, 4.69) is 29.4 Å². The van der Waals surface area contributed by atoms with Gasteiger partial charge in [0.05, 0.1) is 0 Å². The van der Waals surface area contributed by atoms with Crippen LogP contribution in [-0.4, -0.2) is 41.6 Å². The van der Waals surface area contributed by atoms with E-state index in [1.807, 2.05) is 30.3 Å². The highest BCUT2D eigenvalue weighted by atomic mass is 32.2. The Balaban J connectivity index is 2.13. The van der Waals surface area contributed by atoms with Crippen LogP contribution in [-0.2, 0) is 4.79 Å². The number of hydrogen-bond donors (Lipinski definition) is 1. The molecular formula is C16H22N4OS2. The fourth-order valence-corrected chi connectivity index (χ4v) is 3.94. The van der Waals surface area contributed by atoms with Gasteiger partial charge in [0.25, 0.3) is 0 Å². The van der Waals surface area contributed by atoms with Gasteiger partial charge >= 0.3 is 0 Å². The van der Waals surface area contributed by atoms with Crippen molar-refractivity contribution in [3.8, 4) is 0 Å². The van der Waals surface area contributed by atoms with Gasteiger partial charge in [-0.1, -0.05) is 67.3 Å². The summed E-state index contributed by atoms with van der Waals surface area (Å²) in [5.74, 6) is 0.593. The molecule has 23 heavy (non-hydrogen) atoms. The molecule has 1 N–H and O–H groups in total. The normalized spacial score (nSPS) is 12.2. The lowest BCUT2D eigenvalue weighted by atomic mass is 10.1. The number of nitrogens with one attached hydrogen (secondary N) is 1. The van der Waals surface area contributed by atoms with Crippen molar-refractivity contribution in [2.45, 2.75) is 23.4 Å². The lowest BCUT2D eigenvalue weighted by Gasteiger charge is -2.19. The number of likely N-dealkylation sites (N-methyl/N-ethyl adjacent to an activating group) is 1. The SMILES string of the molecule is CC(C)CNc1nnc(SC(C(=O)N(C)C)c2ccccc2)s1. The van der Waals surface area contributed by atoms with Crippen molar-refractivity contribution < 1.29 is 4.79 Å². The first-order valence-corrected chi connectivity index (χ1v) is 9.17. The number of rotatable bonds is 7. The number of carbonyl (C=O) groups is 1. The first kappa shape index (κ1) is 17.7. The number of hydrogen-bond acceptors (Lipinski definition) is 6. The quantitative estimate of drug-likeness (QED) is 0.774. The molecule has 0 aliphatic rings. The third-order valence-corrected chi connectivity index (χ3v) is 5.26. The zero-order valence-electron chi connectivity index (χ0n) is 13.8. The molecule has 0 bridgehead atoms. The third kappa shape index (κ3) is 5.21. The highest BCUT2D eigenvalue weighted by Crippen LogP contribution is 2.38. The number of nitrogens with zero attached hydrogens (tertiary/aromatic N) is 3. The molecule has 0 saturated carbocycles. The van der Waals surface area contributed by atoms with Gasteiger partial charge in [0.15, 0.2) is 4.34 Å². The van der Waals surface area contributed by atoms with Crippen LogP contribution in [0.3, 0.4) is 0 Å². The minimum atomic E-state index is -0.308. The van der Waals surface area contributed by atoms with Crippen LogP contribution in [0.2, 0.25) is 0 Å². The van der Waals surface area contributed by atoms with E-state index in [9.17, 15) is 4.79 Å². The van der Waals surface area contributed by atoms with Gasteiger partial charge in [0.1, 0.15) is 5.25 Å². The van der Waals surface area contributed by atoms with Gasteiger partial charge in [-0.2, -0.15) is 0 Å². The smallest absolute Gasteiger partial charge is 0.240 e. The zero-order valence-corrected chi connectivity index (χ0v) is 15.4. The van der Waals surface area contributed by atoms with Crippen molar-refractivity contribution in [3.63, 3.8) is 0 Å². The highest BCUT2D eigenvalue weighted by molar-refractivity contribution is 8.01. The summed E-state index contributed by atoms with van der Waals surface area (Å²) in [6, 6.07) is 9.78. The Kier molecular flexibility index (Phi) is 6.41. The van der Waals surface area contributed by atoms with Crippen LogP contribution in [0.25, 0.3) is 0 Å². The maximum Gasteiger partial charge on any atom is 0.240 e. The molecular weight excluding hydrogens is 328 g/mol. The number of amides is 1. The van der Waals surface area contributed by atoms with E-state index in [-0.39, 0.29) is 11.2 Å². The van der Waals surface area contributed by atoms with E-state index in [0.717, 1.165) is 21.6 Å². The number of thioether (sulfide) groups is 1. The summed E-state index contributed by atoms with van der Waals surface area (Å²) in [5, 5.41) is 12.1. The van der Waals surface area contributed by atoms with Crippen molar-refractivity contribution >= 4 is 34.1 Å². The first-order valence-electron chi connectivity index (χ1n) is 7.47. The number of benzene rings is 1. The minimum absolute atomic E-state index is 0.0492. The molecule has 2 rings (SSSR count). The molecule has 0 aliphatic heterocycles. The van der Waals surface area contributed by atoms with Gasteiger partial charge in [0, 0.05) is 20.6 Å². The summed E-state index contributed by atoms with van der Waals surface area (Å²) < 4.78 is 0.792. The molecule has 0 radical (unpaired) electrons. The van der Waals surface area contributed by atoms with Gasteiger partial charge in [-0.15, -0.1) is 10.2 Å². The van der Waals surface area contributed by atoms with E-state index in [0.29, 0.717) is 5.92 Å². The van der Waals surface area contributed by atoms with E-state index in [4.69, 9.17) is 0 Å². The fourth-order valence-electron chi connectivity index (χ4n) is 1.84. The van der Waals surface area contributed by atoms with E-state index in [1.165, 1.54) is 23.1 Å².